The second-order valence-electron chi connectivity index (χ2n) is 6.27. The van der Waals surface area contributed by atoms with Gasteiger partial charge in [0.15, 0.2) is 9.53 Å². The Labute approximate surface area is 153 Å². The molecule has 2 aromatic rings. The van der Waals surface area contributed by atoms with Crippen molar-refractivity contribution in [3.05, 3.63) is 27.7 Å². The number of rotatable bonds is 4. The summed E-state index contributed by atoms with van der Waals surface area (Å²) in [4.78, 5) is 19.7. The molecule has 0 spiro atoms. The summed E-state index contributed by atoms with van der Waals surface area (Å²) in [5, 5.41) is 4.53. The fourth-order valence-corrected chi connectivity index (χ4v) is 5.26. The number of amides is 1. The fourth-order valence-electron chi connectivity index (χ4n) is 3.65. The molecule has 1 amide bonds. The topological polar surface area (TPSA) is 54.5 Å². The maximum Gasteiger partial charge on any atom is 0.261 e. The van der Waals surface area contributed by atoms with Crippen LogP contribution in [-0.4, -0.2) is 41.0 Å². The van der Waals surface area contributed by atoms with Crippen LogP contribution in [0.1, 0.15) is 29.4 Å². The summed E-state index contributed by atoms with van der Waals surface area (Å²) in [6.45, 7) is 4.53. The molecular weight excluding hydrogens is 366 g/mol. The number of carbonyl (C=O) groups excluding carboxylic acids is 1. The Kier molecular flexibility index (Phi) is 4.51. The number of carbonyl (C=O) groups is 1. The van der Waals surface area contributed by atoms with Crippen LogP contribution in [0.4, 0.5) is 0 Å². The first-order valence-corrected chi connectivity index (χ1v) is 10.0. The molecular formula is C16H18ClN3O2S2. The number of piperidine rings is 3. The van der Waals surface area contributed by atoms with Gasteiger partial charge in [-0.05, 0) is 50.9 Å². The summed E-state index contributed by atoms with van der Waals surface area (Å²) in [6, 6.07) is 4.28. The number of halogens is 1. The highest BCUT2D eigenvalue weighted by molar-refractivity contribution is 7.18. The van der Waals surface area contributed by atoms with E-state index in [9.17, 15) is 4.79 Å². The molecule has 5 nitrogen and oxygen atoms in total. The van der Waals surface area contributed by atoms with E-state index in [2.05, 4.69) is 22.1 Å². The predicted octanol–water partition coefficient (Wildman–Crippen LogP) is 3.86. The average molecular weight is 384 g/mol. The highest BCUT2D eigenvalue weighted by Crippen LogP contribution is 2.35. The highest BCUT2D eigenvalue weighted by Gasteiger charge is 2.40. The van der Waals surface area contributed by atoms with Gasteiger partial charge in [-0.15, -0.1) is 0 Å². The van der Waals surface area contributed by atoms with E-state index in [4.69, 9.17) is 16.3 Å². The number of aromatic nitrogens is 1. The number of hydrogen-bond donors (Lipinski definition) is 1. The zero-order valence-electron chi connectivity index (χ0n) is 13.2. The number of nitrogens with one attached hydrogen (secondary N) is 1. The lowest BCUT2D eigenvalue weighted by Crippen LogP contribution is -2.62. The maximum atomic E-state index is 12.6. The molecule has 3 fully saturated rings. The van der Waals surface area contributed by atoms with E-state index in [0.717, 1.165) is 13.1 Å². The predicted molar refractivity (Wildman–Crippen MR) is 96.5 cm³/mol. The number of ether oxygens (including phenoxy) is 1. The SMILES string of the molecule is CC1C(NC(=O)c2ccc(Oc3cnc(Cl)s3)s2)C2CCN1CC2. The second kappa shape index (κ2) is 6.63. The number of thiophene rings is 1. The van der Waals surface area contributed by atoms with Crippen molar-refractivity contribution in [3.63, 3.8) is 0 Å². The van der Waals surface area contributed by atoms with E-state index in [1.54, 1.807) is 6.20 Å². The van der Waals surface area contributed by atoms with Gasteiger partial charge in [-0.1, -0.05) is 34.3 Å². The minimum absolute atomic E-state index is 0.0113. The molecule has 3 aliphatic heterocycles. The van der Waals surface area contributed by atoms with Gasteiger partial charge in [0.25, 0.3) is 5.91 Å². The molecule has 1 N–H and O–H groups in total. The Morgan fingerprint density at radius 3 is 2.79 bits per heavy atom. The van der Waals surface area contributed by atoms with Gasteiger partial charge in [0.1, 0.15) is 0 Å². The summed E-state index contributed by atoms with van der Waals surface area (Å²) in [6.07, 6.45) is 3.95. The lowest BCUT2D eigenvalue weighted by atomic mass is 9.79. The molecule has 24 heavy (non-hydrogen) atoms. The standard InChI is InChI=1S/C16H18ClN3O2S2/c1-9-14(10-4-6-20(9)7-5-10)19-15(21)11-2-3-12(23-11)22-13-8-18-16(17)24-13/h2-3,8-10,14H,4-7H2,1H3,(H,19,21). The smallest absolute Gasteiger partial charge is 0.261 e. The first kappa shape index (κ1) is 16.3. The third-order valence-corrected chi connectivity index (χ3v) is 6.89. The van der Waals surface area contributed by atoms with E-state index in [1.165, 1.54) is 35.5 Å². The molecule has 2 bridgehead atoms. The minimum Gasteiger partial charge on any atom is -0.434 e. The van der Waals surface area contributed by atoms with Crippen molar-refractivity contribution < 1.29 is 9.53 Å². The van der Waals surface area contributed by atoms with Crippen LogP contribution in [0.25, 0.3) is 0 Å². The van der Waals surface area contributed by atoms with Crippen LogP contribution in [0.3, 0.4) is 0 Å². The van der Waals surface area contributed by atoms with E-state index in [1.807, 2.05) is 12.1 Å². The number of nitrogens with zero attached hydrogens (tertiary/aromatic N) is 2. The molecule has 3 saturated heterocycles. The summed E-state index contributed by atoms with van der Waals surface area (Å²) < 4.78 is 6.13. The molecule has 0 aliphatic carbocycles. The van der Waals surface area contributed by atoms with Crippen molar-refractivity contribution in [2.24, 2.45) is 5.92 Å². The Morgan fingerprint density at radius 1 is 1.33 bits per heavy atom. The van der Waals surface area contributed by atoms with Crippen LogP contribution in [0.5, 0.6) is 10.1 Å². The van der Waals surface area contributed by atoms with Crippen LogP contribution in [-0.2, 0) is 0 Å². The van der Waals surface area contributed by atoms with Gasteiger partial charge in [0.05, 0.1) is 11.1 Å². The summed E-state index contributed by atoms with van der Waals surface area (Å²) >= 11 is 8.41. The van der Waals surface area contributed by atoms with E-state index < -0.39 is 0 Å². The lowest BCUT2D eigenvalue weighted by Gasteiger charge is -2.49. The molecule has 2 unspecified atom stereocenters. The number of fused-ring (bicyclic) bond motifs is 3. The Balaban J connectivity index is 1.41. The third kappa shape index (κ3) is 3.18. The first-order valence-electron chi connectivity index (χ1n) is 8.04. The van der Waals surface area contributed by atoms with Gasteiger partial charge in [0.2, 0.25) is 5.06 Å². The van der Waals surface area contributed by atoms with E-state index in [0.29, 0.717) is 31.4 Å². The molecule has 0 aromatic carbocycles. The zero-order chi connectivity index (χ0) is 16.7. The van der Waals surface area contributed by atoms with Crippen LogP contribution in [0.2, 0.25) is 4.47 Å². The summed E-state index contributed by atoms with van der Waals surface area (Å²) in [5.74, 6) is 0.590. The molecule has 3 aliphatic rings. The van der Waals surface area contributed by atoms with Crippen molar-refractivity contribution in [3.8, 4) is 10.1 Å². The second-order valence-corrected chi connectivity index (χ2v) is 8.89. The van der Waals surface area contributed by atoms with Crippen LogP contribution in [0, 0.1) is 5.92 Å². The molecule has 5 heterocycles. The largest absolute Gasteiger partial charge is 0.434 e. The number of hydrogen-bond acceptors (Lipinski definition) is 6. The maximum absolute atomic E-state index is 12.6. The first-order chi connectivity index (χ1) is 11.6. The van der Waals surface area contributed by atoms with Gasteiger partial charge in [-0.3, -0.25) is 9.69 Å². The van der Waals surface area contributed by atoms with Crippen molar-refractivity contribution in [2.75, 3.05) is 13.1 Å². The van der Waals surface area contributed by atoms with Crippen LogP contribution >= 0.6 is 34.3 Å². The van der Waals surface area contributed by atoms with E-state index in [-0.39, 0.29) is 11.9 Å². The van der Waals surface area contributed by atoms with Crippen LogP contribution < -0.4 is 10.1 Å². The van der Waals surface area contributed by atoms with Crippen molar-refractivity contribution >= 4 is 40.2 Å². The van der Waals surface area contributed by atoms with Gasteiger partial charge in [-0.25, -0.2) is 4.98 Å². The molecule has 2 aromatic heterocycles. The summed E-state index contributed by atoms with van der Waals surface area (Å²) in [7, 11) is 0. The van der Waals surface area contributed by atoms with E-state index >= 15 is 0 Å². The zero-order valence-corrected chi connectivity index (χ0v) is 15.6. The molecule has 2 atom stereocenters. The number of thiazole rings is 1. The molecule has 8 heteroatoms. The molecule has 128 valence electrons. The van der Waals surface area contributed by atoms with Gasteiger partial charge in [0, 0.05) is 12.1 Å². The monoisotopic (exact) mass is 383 g/mol. The van der Waals surface area contributed by atoms with Gasteiger partial charge >= 0.3 is 0 Å². The molecule has 5 rings (SSSR count). The van der Waals surface area contributed by atoms with Crippen LogP contribution in [0.15, 0.2) is 18.3 Å². The van der Waals surface area contributed by atoms with Crippen molar-refractivity contribution in [2.45, 2.75) is 31.8 Å². The minimum atomic E-state index is -0.0113. The molecule has 0 radical (unpaired) electrons. The summed E-state index contributed by atoms with van der Waals surface area (Å²) in [5.41, 5.74) is 0. The highest BCUT2D eigenvalue weighted by atomic mass is 35.5. The third-order valence-electron chi connectivity index (χ3n) is 4.94. The Morgan fingerprint density at radius 2 is 2.12 bits per heavy atom. The van der Waals surface area contributed by atoms with Crippen molar-refractivity contribution in [1.29, 1.82) is 0 Å². The Hall–Kier alpha value is -1.15. The quantitative estimate of drug-likeness (QED) is 0.870. The Bertz CT molecular complexity index is 737. The lowest BCUT2D eigenvalue weighted by molar-refractivity contribution is 0.0218. The van der Waals surface area contributed by atoms with Gasteiger partial charge in [-0.2, -0.15) is 0 Å². The molecule has 0 saturated carbocycles. The average Bonchev–Trinajstić information content (AvgIpc) is 3.21. The normalized spacial score (nSPS) is 28.8. The van der Waals surface area contributed by atoms with Gasteiger partial charge < -0.3 is 10.1 Å². The van der Waals surface area contributed by atoms with Crippen molar-refractivity contribution in [1.82, 2.24) is 15.2 Å². The fraction of sp³-hybridized carbons (Fsp3) is 0.500.